The van der Waals surface area contributed by atoms with Gasteiger partial charge < -0.3 is 4.43 Å². The van der Waals surface area contributed by atoms with E-state index in [1.54, 1.807) is 5.57 Å². The number of rotatable bonds is 4. The van der Waals surface area contributed by atoms with Crippen molar-refractivity contribution in [1.29, 1.82) is 0 Å². The Bertz CT molecular complexity index is 742. The fourth-order valence-electron chi connectivity index (χ4n) is 8.24. The van der Waals surface area contributed by atoms with Gasteiger partial charge in [0.1, 0.15) is 0 Å². The molecule has 1 nitrogen and oxygen atoms in total. The minimum atomic E-state index is -1.69. The van der Waals surface area contributed by atoms with Gasteiger partial charge in [-0.1, -0.05) is 65.3 Å². The van der Waals surface area contributed by atoms with Crippen molar-refractivity contribution in [3.05, 3.63) is 23.8 Å². The van der Waals surface area contributed by atoms with E-state index in [1.807, 2.05) is 0 Å². The van der Waals surface area contributed by atoms with Crippen LogP contribution in [-0.2, 0) is 4.43 Å². The molecule has 0 unspecified atom stereocenters. The van der Waals surface area contributed by atoms with Gasteiger partial charge in [-0.05, 0) is 110 Å². The quantitative estimate of drug-likeness (QED) is 0.312. The summed E-state index contributed by atoms with van der Waals surface area (Å²) in [5, 5.41) is 0.301. The van der Waals surface area contributed by atoms with E-state index < -0.39 is 8.32 Å². The second-order valence-corrected chi connectivity index (χ2v) is 18.4. The Balaban J connectivity index is 1.53. The molecule has 0 aromatic carbocycles. The Hall–Kier alpha value is -0.343. The van der Waals surface area contributed by atoms with E-state index in [0.717, 1.165) is 23.7 Å². The van der Waals surface area contributed by atoms with Crippen molar-refractivity contribution in [2.24, 2.45) is 34.5 Å². The molecule has 7 atom stereocenters. The molecule has 0 aromatic heterocycles. The lowest BCUT2D eigenvalue weighted by molar-refractivity contribution is -0.0446. The summed E-state index contributed by atoms with van der Waals surface area (Å²) in [7, 11) is -1.69. The lowest BCUT2D eigenvalue weighted by Gasteiger charge is -2.58. The molecule has 31 heavy (non-hydrogen) atoms. The van der Waals surface area contributed by atoms with E-state index in [0.29, 0.717) is 22.0 Å². The Morgan fingerprint density at radius 3 is 2.45 bits per heavy atom. The summed E-state index contributed by atoms with van der Waals surface area (Å²) in [4.78, 5) is 0. The molecular formula is C29H50OSi. The molecule has 0 N–H and O–H groups in total. The van der Waals surface area contributed by atoms with Crippen LogP contribution in [0.5, 0.6) is 0 Å². The zero-order chi connectivity index (χ0) is 22.8. The Kier molecular flexibility index (Phi) is 6.04. The minimum absolute atomic E-state index is 0.301. The maximum absolute atomic E-state index is 6.90. The second-order valence-electron chi connectivity index (χ2n) is 13.7. The van der Waals surface area contributed by atoms with Gasteiger partial charge in [0, 0.05) is 6.10 Å². The van der Waals surface area contributed by atoms with E-state index in [4.69, 9.17) is 4.43 Å². The molecule has 0 radical (unpaired) electrons. The van der Waals surface area contributed by atoms with Crippen LogP contribution < -0.4 is 0 Å². The number of hydrogen-bond donors (Lipinski definition) is 0. The van der Waals surface area contributed by atoms with Crippen molar-refractivity contribution in [2.75, 3.05) is 0 Å². The van der Waals surface area contributed by atoms with Gasteiger partial charge in [0.2, 0.25) is 0 Å². The molecule has 176 valence electrons. The van der Waals surface area contributed by atoms with Crippen molar-refractivity contribution in [2.45, 2.75) is 124 Å². The van der Waals surface area contributed by atoms with Gasteiger partial charge in [0.15, 0.2) is 8.32 Å². The second kappa shape index (κ2) is 7.86. The molecule has 0 saturated heterocycles. The first kappa shape index (κ1) is 23.8. The van der Waals surface area contributed by atoms with Gasteiger partial charge in [-0.15, -0.1) is 0 Å². The van der Waals surface area contributed by atoms with Crippen LogP contribution >= 0.6 is 0 Å². The molecule has 4 rings (SSSR count). The third kappa shape index (κ3) is 3.76. The molecule has 3 saturated carbocycles. The van der Waals surface area contributed by atoms with E-state index in [2.05, 4.69) is 67.3 Å². The summed E-state index contributed by atoms with van der Waals surface area (Å²) in [6.45, 7) is 24.1. The minimum Gasteiger partial charge on any atom is -0.414 e. The summed E-state index contributed by atoms with van der Waals surface area (Å²) < 4.78 is 6.90. The molecule has 0 aromatic rings. The lowest BCUT2D eigenvalue weighted by Crippen LogP contribution is -2.51. The largest absolute Gasteiger partial charge is 0.414 e. The van der Waals surface area contributed by atoms with Crippen LogP contribution in [0.25, 0.3) is 0 Å². The molecule has 3 fully saturated rings. The first-order chi connectivity index (χ1) is 14.3. The smallest absolute Gasteiger partial charge is 0.192 e. The van der Waals surface area contributed by atoms with Crippen LogP contribution in [0.3, 0.4) is 0 Å². The molecule has 0 aliphatic heterocycles. The Labute approximate surface area is 194 Å². The van der Waals surface area contributed by atoms with Crippen LogP contribution in [0.4, 0.5) is 0 Å². The predicted octanol–water partition coefficient (Wildman–Crippen LogP) is 8.92. The van der Waals surface area contributed by atoms with Gasteiger partial charge in [0.05, 0.1) is 0 Å². The van der Waals surface area contributed by atoms with Gasteiger partial charge in [-0.2, -0.15) is 0 Å². The van der Waals surface area contributed by atoms with Crippen LogP contribution in [0, 0.1) is 34.5 Å². The third-order valence-corrected chi connectivity index (χ3v) is 15.8. The summed E-state index contributed by atoms with van der Waals surface area (Å²) in [5.41, 5.74) is 4.24. The van der Waals surface area contributed by atoms with Crippen molar-refractivity contribution >= 4 is 8.32 Å². The van der Waals surface area contributed by atoms with Crippen LogP contribution in [0.2, 0.25) is 18.1 Å². The zero-order valence-electron chi connectivity index (χ0n) is 21.9. The fraction of sp³-hybridized carbons (Fsp3) is 0.862. The van der Waals surface area contributed by atoms with E-state index in [1.165, 1.54) is 63.4 Å². The standard InChI is InChI=1S/C29H50OSi/c1-10-20(2)24-13-14-25-23-12-11-21-19-22(30-31(8,9)27(3,4)5)15-17-28(21,6)26(23)16-18-29(24,25)7/h11,22-26H,2,10,12-19H2,1,3-9H3/t22-,23-,24+,25-,26-,28-,29+/m0/s1. The lowest BCUT2D eigenvalue weighted by atomic mass is 9.47. The highest BCUT2D eigenvalue weighted by atomic mass is 28.4. The molecule has 0 heterocycles. The van der Waals surface area contributed by atoms with Gasteiger partial charge in [0.25, 0.3) is 0 Å². The highest BCUT2D eigenvalue weighted by Gasteiger charge is 2.59. The van der Waals surface area contributed by atoms with E-state index in [9.17, 15) is 0 Å². The predicted molar refractivity (Wildman–Crippen MR) is 137 cm³/mol. The maximum Gasteiger partial charge on any atom is 0.192 e. The molecule has 0 bridgehead atoms. The van der Waals surface area contributed by atoms with Crippen LogP contribution in [0.1, 0.15) is 99.3 Å². The summed E-state index contributed by atoms with van der Waals surface area (Å²) in [6.07, 6.45) is 15.2. The summed E-state index contributed by atoms with van der Waals surface area (Å²) >= 11 is 0. The molecule has 0 spiro atoms. The first-order valence-electron chi connectivity index (χ1n) is 13.4. The van der Waals surface area contributed by atoms with Crippen molar-refractivity contribution in [3.8, 4) is 0 Å². The number of fused-ring (bicyclic) bond motifs is 5. The van der Waals surface area contributed by atoms with Crippen LogP contribution in [0.15, 0.2) is 23.8 Å². The van der Waals surface area contributed by atoms with Gasteiger partial charge >= 0.3 is 0 Å². The normalized spacial score (nSPS) is 43.0. The average molecular weight is 443 g/mol. The number of allylic oxidation sites excluding steroid dienone is 2. The number of hydrogen-bond acceptors (Lipinski definition) is 1. The van der Waals surface area contributed by atoms with Gasteiger partial charge in [-0.25, -0.2) is 0 Å². The molecular weight excluding hydrogens is 392 g/mol. The first-order valence-corrected chi connectivity index (χ1v) is 16.3. The van der Waals surface area contributed by atoms with E-state index in [-0.39, 0.29) is 0 Å². The third-order valence-electron chi connectivity index (χ3n) is 11.3. The Morgan fingerprint density at radius 2 is 1.81 bits per heavy atom. The van der Waals surface area contributed by atoms with Crippen molar-refractivity contribution < 1.29 is 4.43 Å². The highest BCUT2D eigenvalue weighted by Crippen LogP contribution is 2.67. The Morgan fingerprint density at radius 1 is 1.10 bits per heavy atom. The van der Waals surface area contributed by atoms with Crippen molar-refractivity contribution in [1.82, 2.24) is 0 Å². The molecule has 4 aliphatic carbocycles. The van der Waals surface area contributed by atoms with E-state index >= 15 is 0 Å². The summed E-state index contributed by atoms with van der Waals surface area (Å²) in [6, 6.07) is 0. The average Bonchev–Trinajstić information content (AvgIpc) is 3.04. The topological polar surface area (TPSA) is 9.23 Å². The molecule has 0 amide bonds. The maximum atomic E-state index is 6.90. The molecule has 4 aliphatic rings. The SMILES string of the molecule is C=C(CC)[C@H]1CC[C@H]2[C@@H]3CC=C4C[C@@H](O[Si](C)(C)C(C)(C)C)CC[C@]4(C)[C@H]3CC[C@]12C. The molecule has 2 heteroatoms. The summed E-state index contributed by atoms with van der Waals surface area (Å²) in [5.74, 6) is 3.48. The van der Waals surface area contributed by atoms with Crippen LogP contribution in [-0.4, -0.2) is 14.4 Å². The zero-order valence-corrected chi connectivity index (χ0v) is 22.9. The van der Waals surface area contributed by atoms with Crippen molar-refractivity contribution in [3.63, 3.8) is 0 Å². The van der Waals surface area contributed by atoms with Gasteiger partial charge in [-0.3, -0.25) is 0 Å². The monoisotopic (exact) mass is 442 g/mol. The highest BCUT2D eigenvalue weighted by molar-refractivity contribution is 6.74. The fourth-order valence-corrected chi connectivity index (χ4v) is 9.63.